The van der Waals surface area contributed by atoms with Gasteiger partial charge in [-0.05, 0) is 55.2 Å². The lowest BCUT2D eigenvalue weighted by atomic mass is 9.79. The van der Waals surface area contributed by atoms with Gasteiger partial charge in [0, 0.05) is 22.1 Å². The number of carboxylic acids is 1. The number of aromatic carboxylic acids is 1. The molecule has 146 valence electrons. The van der Waals surface area contributed by atoms with E-state index in [0.29, 0.717) is 23.8 Å². The first-order chi connectivity index (χ1) is 13.3. The fourth-order valence-electron chi connectivity index (χ4n) is 3.65. The van der Waals surface area contributed by atoms with Gasteiger partial charge in [0.2, 0.25) is 0 Å². The molecule has 2 aromatic carbocycles. The van der Waals surface area contributed by atoms with Crippen molar-refractivity contribution in [2.45, 2.75) is 32.6 Å². The van der Waals surface area contributed by atoms with Gasteiger partial charge in [0.15, 0.2) is 11.6 Å². The van der Waals surface area contributed by atoms with Crippen LogP contribution < -0.4 is 0 Å². The highest BCUT2D eigenvalue weighted by Crippen LogP contribution is 2.32. The van der Waals surface area contributed by atoms with Crippen LogP contribution >= 0.6 is 11.6 Å². The number of carbonyl (C=O) groups excluding carboxylic acids is 2. The Labute approximate surface area is 167 Å². The largest absolute Gasteiger partial charge is 0.478 e. The van der Waals surface area contributed by atoms with Crippen molar-refractivity contribution in [2.75, 3.05) is 0 Å². The zero-order chi connectivity index (χ0) is 20.4. The Morgan fingerprint density at radius 2 is 1.61 bits per heavy atom. The van der Waals surface area contributed by atoms with Gasteiger partial charge in [-0.2, -0.15) is 0 Å². The van der Waals surface area contributed by atoms with E-state index in [9.17, 15) is 23.9 Å². The lowest BCUT2D eigenvalue weighted by molar-refractivity contribution is 0.0692. The Hall–Kier alpha value is -2.53. The number of halogens is 2. The summed E-state index contributed by atoms with van der Waals surface area (Å²) in [5.74, 6) is -3.18. The van der Waals surface area contributed by atoms with Gasteiger partial charge in [0.05, 0.1) is 11.1 Å². The molecule has 1 saturated carbocycles. The number of hydrogen-bond acceptors (Lipinski definition) is 3. The van der Waals surface area contributed by atoms with Crippen LogP contribution in [0.3, 0.4) is 0 Å². The number of carbonyl (C=O) groups is 3. The quantitative estimate of drug-likeness (QED) is 0.678. The van der Waals surface area contributed by atoms with Gasteiger partial charge in [-0.15, -0.1) is 0 Å². The Balaban J connectivity index is 1.99. The van der Waals surface area contributed by atoms with Gasteiger partial charge in [-0.1, -0.05) is 31.4 Å². The van der Waals surface area contributed by atoms with Crippen molar-refractivity contribution >= 4 is 29.1 Å². The first-order valence-electron chi connectivity index (χ1n) is 9.19. The maximum absolute atomic E-state index is 14.8. The lowest BCUT2D eigenvalue weighted by Crippen LogP contribution is -2.22. The van der Waals surface area contributed by atoms with E-state index in [2.05, 4.69) is 6.92 Å². The molecular formula is C22H20ClFO4. The standard InChI is InChI=1S/C22H20ClFO4/c1-12-2-4-13(5-3-12)20(25)15-10-17(22(27)28)19(18(24)11-15)21(26)14-6-8-16(23)9-7-14/h6-13H,2-5H2,1H3,(H,27,28). The van der Waals surface area contributed by atoms with E-state index in [1.165, 1.54) is 24.3 Å². The average Bonchev–Trinajstić information content (AvgIpc) is 2.67. The summed E-state index contributed by atoms with van der Waals surface area (Å²) < 4.78 is 14.8. The second-order valence-corrected chi connectivity index (χ2v) is 7.78. The first kappa shape index (κ1) is 20.2. The Morgan fingerprint density at radius 1 is 1.00 bits per heavy atom. The van der Waals surface area contributed by atoms with Gasteiger partial charge >= 0.3 is 5.97 Å². The molecule has 1 aliphatic rings. The minimum atomic E-state index is -1.46. The molecule has 0 aliphatic heterocycles. The number of benzene rings is 2. The van der Waals surface area contributed by atoms with Crippen molar-refractivity contribution in [1.29, 1.82) is 0 Å². The van der Waals surface area contributed by atoms with Crippen LogP contribution in [0.25, 0.3) is 0 Å². The molecule has 0 unspecified atom stereocenters. The van der Waals surface area contributed by atoms with E-state index in [1.54, 1.807) is 0 Å². The van der Waals surface area contributed by atoms with Crippen LogP contribution in [-0.2, 0) is 0 Å². The fraction of sp³-hybridized carbons (Fsp3) is 0.318. The molecule has 1 fully saturated rings. The van der Waals surface area contributed by atoms with Crippen molar-refractivity contribution in [3.63, 3.8) is 0 Å². The van der Waals surface area contributed by atoms with Crippen LogP contribution in [-0.4, -0.2) is 22.6 Å². The molecule has 1 N–H and O–H groups in total. The second-order valence-electron chi connectivity index (χ2n) is 7.34. The number of hydrogen-bond donors (Lipinski definition) is 1. The van der Waals surface area contributed by atoms with Gasteiger partial charge in [0.25, 0.3) is 0 Å². The van der Waals surface area contributed by atoms with Crippen molar-refractivity contribution in [1.82, 2.24) is 0 Å². The van der Waals surface area contributed by atoms with Crippen LogP contribution in [0.2, 0.25) is 5.02 Å². The van der Waals surface area contributed by atoms with Crippen molar-refractivity contribution in [2.24, 2.45) is 11.8 Å². The molecule has 3 rings (SSSR count). The smallest absolute Gasteiger partial charge is 0.336 e. The van der Waals surface area contributed by atoms with Crippen LogP contribution in [0, 0.1) is 17.7 Å². The number of Topliss-reactive ketones (excluding diaryl/α,β-unsaturated/α-hetero) is 1. The lowest BCUT2D eigenvalue weighted by Gasteiger charge is -2.25. The molecule has 0 atom stereocenters. The molecule has 28 heavy (non-hydrogen) atoms. The minimum Gasteiger partial charge on any atom is -0.478 e. The van der Waals surface area contributed by atoms with E-state index in [0.717, 1.165) is 25.0 Å². The third-order valence-electron chi connectivity index (χ3n) is 5.33. The summed E-state index contributed by atoms with van der Waals surface area (Å²) in [5.41, 5.74) is -0.940. The summed E-state index contributed by atoms with van der Waals surface area (Å²) in [5, 5.41) is 9.93. The summed E-state index contributed by atoms with van der Waals surface area (Å²) in [7, 11) is 0. The molecule has 0 aromatic heterocycles. The molecule has 1 aliphatic carbocycles. The predicted molar refractivity (Wildman–Crippen MR) is 104 cm³/mol. The fourth-order valence-corrected chi connectivity index (χ4v) is 3.78. The molecular weight excluding hydrogens is 383 g/mol. The highest BCUT2D eigenvalue weighted by Gasteiger charge is 2.29. The predicted octanol–water partition coefficient (Wildman–Crippen LogP) is 5.42. The molecule has 0 bridgehead atoms. The SMILES string of the molecule is CC1CCC(C(=O)c2cc(F)c(C(=O)c3ccc(Cl)cc3)c(C(=O)O)c2)CC1. The van der Waals surface area contributed by atoms with E-state index in [-0.39, 0.29) is 22.8 Å². The normalized spacial score (nSPS) is 19.2. The average molecular weight is 403 g/mol. The summed E-state index contributed by atoms with van der Waals surface area (Å²) in [6, 6.07) is 7.84. The molecule has 4 nitrogen and oxygen atoms in total. The minimum absolute atomic E-state index is 0.00195. The van der Waals surface area contributed by atoms with Crippen LogP contribution in [0.1, 0.15) is 69.2 Å². The zero-order valence-corrected chi connectivity index (χ0v) is 16.1. The van der Waals surface area contributed by atoms with Crippen LogP contribution in [0.15, 0.2) is 36.4 Å². The summed E-state index contributed by atoms with van der Waals surface area (Å²) >= 11 is 5.80. The third kappa shape index (κ3) is 4.14. The number of carboxylic acid groups (broad SMARTS) is 1. The third-order valence-corrected chi connectivity index (χ3v) is 5.58. The molecule has 0 saturated heterocycles. The first-order valence-corrected chi connectivity index (χ1v) is 9.57. The summed E-state index contributed by atoms with van der Waals surface area (Å²) in [6.45, 7) is 2.13. The Morgan fingerprint density at radius 3 is 2.18 bits per heavy atom. The maximum atomic E-state index is 14.8. The number of ketones is 2. The van der Waals surface area contributed by atoms with E-state index < -0.39 is 28.7 Å². The van der Waals surface area contributed by atoms with Crippen molar-refractivity contribution < 1.29 is 23.9 Å². The van der Waals surface area contributed by atoms with Crippen LogP contribution in [0.4, 0.5) is 4.39 Å². The molecule has 0 amide bonds. The Kier molecular flexibility index (Phi) is 5.94. The zero-order valence-electron chi connectivity index (χ0n) is 15.4. The van der Waals surface area contributed by atoms with Gasteiger partial charge in [-0.3, -0.25) is 9.59 Å². The maximum Gasteiger partial charge on any atom is 0.336 e. The molecule has 2 aromatic rings. The molecule has 0 spiro atoms. The van der Waals surface area contributed by atoms with Gasteiger partial charge < -0.3 is 5.11 Å². The van der Waals surface area contributed by atoms with Crippen molar-refractivity contribution in [3.05, 3.63) is 69.5 Å². The Bertz CT molecular complexity index is 928. The van der Waals surface area contributed by atoms with Crippen molar-refractivity contribution in [3.8, 4) is 0 Å². The van der Waals surface area contributed by atoms with E-state index >= 15 is 0 Å². The second kappa shape index (κ2) is 8.23. The highest BCUT2D eigenvalue weighted by atomic mass is 35.5. The van der Waals surface area contributed by atoms with E-state index in [1.807, 2.05) is 0 Å². The molecule has 6 heteroatoms. The van der Waals surface area contributed by atoms with Crippen LogP contribution in [0.5, 0.6) is 0 Å². The van der Waals surface area contributed by atoms with Gasteiger partial charge in [0.1, 0.15) is 5.82 Å². The van der Waals surface area contributed by atoms with Gasteiger partial charge in [-0.25, -0.2) is 9.18 Å². The number of rotatable bonds is 5. The monoisotopic (exact) mass is 402 g/mol. The topological polar surface area (TPSA) is 71.4 Å². The van der Waals surface area contributed by atoms with E-state index in [4.69, 9.17) is 11.6 Å². The summed E-state index contributed by atoms with van der Waals surface area (Å²) in [4.78, 5) is 37.2. The molecule has 0 heterocycles. The molecule has 0 radical (unpaired) electrons. The highest BCUT2D eigenvalue weighted by molar-refractivity contribution is 6.30. The summed E-state index contributed by atoms with van der Waals surface area (Å²) in [6.07, 6.45) is 3.24.